The van der Waals surface area contributed by atoms with Crippen molar-refractivity contribution in [3.8, 4) is 22.6 Å². The average Bonchev–Trinajstić information content (AvgIpc) is 2.88. The zero-order chi connectivity index (χ0) is 24.1. The second kappa shape index (κ2) is 11.5. The molecule has 0 saturated heterocycles. The molecule has 180 valence electrons. The van der Waals surface area contributed by atoms with Gasteiger partial charge in [-0.15, -0.1) is 24.0 Å². The maximum Gasteiger partial charge on any atom is 0.294 e. The van der Waals surface area contributed by atoms with Crippen molar-refractivity contribution >= 4 is 55.6 Å². The summed E-state index contributed by atoms with van der Waals surface area (Å²) in [6, 6.07) is 32.6. The number of methoxy groups -OCH3 is 2. The fourth-order valence-corrected chi connectivity index (χ4v) is 4.45. The van der Waals surface area contributed by atoms with Crippen molar-refractivity contribution in [2.75, 3.05) is 14.2 Å². The minimum Gasteiger partial charge on any atom is -0.495 e. The van der Waals surface area contributed by atoms with E-state index >= 15 is 0 Å². The smallest absolute Gasteiger partial charge is 0.294 e. The van der Waals surface area contributed by atoms with Crippen molar-refractivity contribution in [3.05, 3.63) is 103 Å². The van der Waals surface area contributed by atoms with E-state index in [1.54, 1.807) is 13.2 Å². The molecule has 0 saturated carbocycles. The molecule has 0 atom stereocenters. The molecule has 5 rings (SSSR count). The van der Waals surface area contributed by atoms with Crippen LogP contribution < -0.4 is 9.47 Å². The van der Waals surface area contributed by atoms with Crippen LogP contribution in [0.5, 0.6) is 11.5 Å². The topological polar surface area (TPSA) is 72.8 Å². The Balaban J connectivity index is 0.000000223. The molecule has 0 fully saturated rings. The third-order valence-corrected chi connectivity index (χ3v) is 6.33. The second-order valence-electron chi connectivity index (χ2n) is 7.53. The van der Waals surface area contributed by atoms with Gasteiger partial charge in [-0.3, -0.25) is 4.55 Å². The van der Waals surface area contributed by atoms with Gasteiger partial charge in [0.2, 0.25) is 0 Å². The maximum atomic E-state index is 11.4. The van der Waals surface area contributed by atoms with E-state index in [4.69, 9.17) is 9.47 Å². The molecule has 0 spiro atoms. The fourth-order valence-electron chi connectivity index (χ4n) is 3.94. The Morgan fingerprint density at radius 1 is 0.571 bits per heavy atom. The summed E-state index contributed by atoms with van der Waals surface area (Å²) < 4.78 is 43.0. The quantitative estimate of drug-likeness (QED) is 0.134. The SMILES string of the molecule is COc1c2ccccc2c(OC)c2cc(S(=O)(=O)O)ccc12.I.c1ccc(-c2ccccc2)cc1. The summed E-state index contributed by atoms with van der Waals surface area (Å²) in [5, 5.41) is 2.95. The zero-order valence-electron chi connectivity index (χ0n) is 19.2. The third-order valence-electron chi connectivity index (χ3n) is 5.48. The van der Waals surface area contributed by atoms with Crippen molar-refractivity contribution in [1.82, 2.24) is 0 Å². The largest absolute Gasteiger partial charge is 0.495 e. The van der Waals surface area contributed by atoms with Crippen LogP contribution in [0.3, 0.4) is 0 Å². The van der Waals surface area contributed by atoms with Gasteiger partial charge in [0, 0.05) is 21.5 Å². The number of fused-ring (bicyclic) bond motifs is 2. The van der Waals surface area contributed by atoms with Crippen LogP contribution in [0.15, 0.2) is 108 Å². The van der Waals surface area contributed by atoms with Crippen LogP contribution in [-0.2, 0) is 10.1 Å². The molecule has 5 aromatic carbocycles. The van der Waals surface area contributed by atoms with E-state index in [9.17, 15) is 13.0 Å². The molecular formula is C28H25IO5S. The predicted octanol–water partition coefficient (Wildman–Crippen LogP) is 7.23. The van der Waals surface area contributed by atoms with Gasteiger partial charge in [0.1, 0.15) is 11.5 Å². The highest BCUT2D eigenvalue weighted by molar-refractivity contribution is 14.0. The number of hydrogen-bond acceptors (Lipinski definition) is 4. The summed E-state index contributed by atoms with van der Waals surface area (Å²) in [4.78, 5) is -0.185. The first-order valence-electron chi connectivity index (χ1n) is 10.6. The summed E-state index contributed by atoms with van der Waals surface area (Å²) in [6.45, 7) is 0. The maximum absolute atomic E-state index is 11.4. The summed E-state index contributed by atoms with van der Waals surface area (Å²) in [5.74, 6) is 1.17. The average molecular weight is 600 g/mol. The molecule has 7 heteroatoms. The van der Waals surface area contributed by atoms with Crippen molar-refractivity contribution in [3.63, 3.8) is 0 Å². The van der Waals surface area contributed by atoms with Crippen molar-refractivity contribution < 1.29 is 22.4 Å². The fraction of sp³-hybridized carbons (Fsp3) is 0.0714. The highest BCUT2D eigenvalue weighted by Gasteiger charge is 2.18. The second-order valence-corrected chi connectivity index (χ2v) is 8.95. The Hall–Kier alpha value is -3.14. The van der Waals surface area contributed by atoms with Crippen LogP contribution in [0.1, 0.15) is 0 Å². The normalized spacial score (nSPS) is 10.7. The van der Waals surface area contributed by atoms with Gasteiger partial charge in [-0.1, -0.05) is 84.9 Å². The molecule has 5 aromatic rings. The molecular weight excluding hydrogens is 575 g/mol. The minimum absolute atomic E-state index is 0. The third kappa shape index (κ3) is 5.75. The van der Waals surface area contributed by atoms with Crippen LogP contribution in [-0.4, -0.2) is 27.2 Å². The van der Waals surface area contributed by atoms with E-state index in [0.717, 1.165) is 10.8 Å². The van der Waals surface area contributed by atoms with Crippen molar-refractivity contribution in [2.45, 2.75) is 4.90 Å². The number of benzene rings is 5. The Labute approximate surface area is 222 Å². The van der Waals surface area contributed by atoms with Gasteiger partial charge in [0.05, 0.1) is 19.1 Å². The van der Waals surface area contributed by atoms with Gasteiger partial charge >= 0.3 is 0 Å². The van der Waals surface area contributed by atoms with E-state index in [1.165, 1.54) is 30.4 Å². The van der Waals surface area contributed by atoms with Crippen molar-refractivity contribution in [1.29, 1.82) is 0 Å². The number of halogens is 1. The molecule has 0 heterocycles. The molecule has 0 amide bonds. The zero-order valence-corrected chi connectivity index (χ0v) is 22.4. The summed E-state index contributed by atoms with van der Waals surface area (Å²) in [7, 11) is -1.21. The summed E-state index contributed by atoms with van der Waals surface area (Å²) >= 11 is 0. The Kier molecular flexibility index (Phi) is 8.71. The molecule has 0 aromatic heterocycles. The predicted molar refractivity (Wildman–Crippen MR) is 152 cm³/mol. The molecule has 5 nitrogen and oxygen atoms in total. The molecule has 1 N–H and O–H groups in total. The standard InChI is InChI=1S/C16H14O5S.C12H10.HI/c1-20-15-11-5-3-4-6-12(11)16(21-2)14-9-10(22(17,18)19)7-8-13(14)15;1-3-7-11(8-4-1)12-9-5-2-6-10-12;/h3-9H,1-2H3,(H,17,18,19);1-10H;1H. The van der Waals surface area contributed by atoms with Gasteiger partial charge in [0.25, 0.3) is 10.1 Å². The van der Waals surface area contributed by atoms with Crippen molar-refractivity contribution in [2.24, 2.45) is 0 Å². The highest BCUT2D eigenvalue weighted by atomic mass is 127. The minimum atomic E-state index is -4.29. The van der Waals surface area contributed by atoms with Crippen LogP contribution in [0, 0.1) is 0 Å². The molecule has 0 aliphatic carbocycles. The van der Waals surface area contributed by atoms with Crippen LogP contribution in [0.2, 0.25) is 0 Å². The first-order chi connectivity index (χ1) is 16.4. The number of hydrogen-bond donors (Lipinski definition) is 1. The molecule has 0 aliphatic rings. The molecule has 0 aliphatic heterocycles. The van der Waals surface area contributed by atoms with E-state index in [-0.39, 0.29) is 28.9 Å². The van der Waals surface area contributed by atoms with E-state index in [1.807, 2.05) is 36.4 Å². The van der Waals surface area contributed by atoms with Gasteiger partial charge in [-0.05, 0) is 29.3 Å². The van der Waals surface area contributed by atoms with Gasteiger partial charge in [-0.2, -0.15) is 8.42 Å². The summed E-state index contributed by atoms with van der Waals surface area (Å²) in [6.07, 6.45) is 0. The van der Waals surface area contributed by atoms with E-state index in [0.29, 0.717) is 22.3 Å². The van der Waals surface area contributed by atoms with E-state index < -0.39 is 10.1 Å². The van der Waals surface area contributed by atoms with Crippen LogP contribution in [0.25, 0.3) is 32.7 Å². The van der Waals surface area contributed by atoms with Gasteiger partial charge in [0.15, 0.2) is 0 Å². The Morgan fingerprint density at radius 2 is 0.971 bits per heavy atom. The number of ether oxygens (including phenoxy) is 2. The van der Waals surface area contributed by atoms with Gasteiger partial charge in [-0.25, -0.2) is 0 Å². The Morgan fingerprint density at radius 3 is 1.40 bits per heavy atom. The lowest BCUT2D eigenvalue weighted by Gasteiger charge is -2.15. The molecule has 35 heavy (non-hydrogen) atoms. The molecule has 0 bridgehead atoms. The molecule has 0 unspecified atom stereocenters. The highest BCUT2D eigenvalue weighted by Crippen LogP contribution is 2.43. The first kappa shape index (κ1) is 26.5. The first-order valence-corrected chi connectivity index (χ1v) is 12.0. The van der Waals surface area contributed by atoms with Crippen LogP contribution >= 0.6 is 24.0 Å². The lowest BCUT2D eigenvalue weighted by Crippen LogP contribution is -1.99. The monoisotopic (exact) mass is 600 g/mol. The van der Waals surface area contributed by atoms with E-state index in [2.05, 4.69) is 48.5 Å². The van der Waals surface area contributed by atoms with Crippen LogP contribution in [0.4, 0.5) is 0 Å². The Bertz CT molecular complexity index is 1500. The molecule has 0 radical (unpaired) electrons. The lowest BCUT2D eigenvalue weighted by molar-refractivity contribution is 0.417. The van der Waals surface area contributed by atoms with Gasteiger partial charge < -0.3 is 9.47 Å². The summed E-state index contributed by atoms with van der Waals surface area (Å²) in [5.41, 5.74) is 2.55. The number of rotatable bonds is 4. The lowest BCUT2D eigenvalue weighted by atomic mass is 10.0.